The van der Waals surface area contributed by atoms with E-state index in [1.54, 1.807) is 6.07 Å². The lowest BCUT2D eigenvalue weighted by Crippen LogP contribution is -2.30. The first-order valence-electron chi connectivity index (χ1n) is 9.97. The number of anilines is 1. The van der Waals surface area contributed by atoms with Gasteiger partial charge in [-0.15, -0.1) is 10.2 Å². The first-order chi connectivity index (χ1) is 15.8. The molecular weight excluding hydrogens is 471 g/mol. The van der Waals surface area contributed by atoms with Crippen LogP contribution in [0.1, 0.15) is 33.7 Å². The monoisotopic (exact) mass is 492 g/mol. The van der Waals surface area contributed by atoms with Gasteiger partial charge in [-0.25, -0.2) is 12.8 Å². The quantitative estimate of drug-likeness (QED) is 0.538. The number of hydrogen-bond acceptors (Lipinski definition) is 8. The molecule has 1 aliphatic rings. The van der Waals surface area contributed by atoms with Gasteiger partial charge in [0.15, 0.2) is 11.5 Å². The van der Waals surface area contributed by atoms with Crippen LogP contribution in [-0.4, -0.2) is 49.6 Å². The normalized spacial score (nSPS) is 16.5. The molecule has 0 bridgehead atoms. The number of amides is 1. The molecule has 33 heavy (non-hydrogen) atoms. The summed E-state index contributed by atoms with van der Waals surface area (Å²) in [6, 6.07) is 9.23. The van der Waals surface area contributed by atoms with Crippen LogP contribution in [0.15, 0.2) is 47.4 Å². The molecule has 4 rings (SSSR count). The number of nitrogens with one attached hydrogen (secondary N) is 1. The number of methoxy groups -OCH3 is 2. The topological polar surface area (TPSA) is 111 Å². The molecule has 9 nitrogen and oxygen atoms in total. The summed E-state index contributed by atoms with van der Waals surface area (Å²) in [4.78, 5) is 12.6. The Morgan fingerprint density at radius 2 is 1.85 bits per heavy atom. The zero-order valence-corrected chi connectivity index (χ0v) is 19.5. The molecule has 1 amide bonds. The Balaban J connectivity index is 1.55. The van der Waals surface area contributed by atoms with Crippen LogP contribution >= 0.6 is 11.3 Å². The SMILES string of the molecule is COc1ccc(S(=O)(=O)N2CCC[C@@H]2c2nnc(C(=O)Nc3ccc(F)cc3)s2)cc1OC. The average Bonchev–Trinajstić information content (AvgIpc) is 3.50. The molecule has 2 aromatic carbocycles. The van der Waals surface area contributed by atoms with Gasteiger partial charge in [-0.05, 0) is 49.2 Å². The van der Waals surface area contributed by atoms with Crippen molar-refractivity contribution in [3.63, 3.8) is 0 Å². The molecule has 0 saturated carbocycles. The van der Waals surface area contributed by atoms with Crippen LogP contribution in [0.5, 0.6) is 11.5 Å². The Morgan fingerprint density at radius 3 is 2.55 bits per heavy atom. The first-order valence-corrected chi connectivity index (χ1v) is 12.2. The third kappa shape index (κ3) is 4.68. The van der Waals surface area contributed by atoms with Crippen molar-refractivity contribution in [3.05, 3.63) is 58.3 Å². The van der Waals surface area contributed by atoms with Crippen LogP contribution in [0.25, 0.3) is 0 Å². The summed E-state index contributed by atoms with van der Waals surface area (Å²) in [5.41, 5.74) is 0.414. The summed E-state index contributed by atoms with van der Waals surface area (Å²) in [5.74, 6) is -0.179. The van der Waals surface area contributed by atoms with Gasteiger partial charge < -0.3 is 14.8 Å². The van der Waals surface area contributed by atoms with E-state index in [0.717, 1.165) is 11.3 Å². The van der Waals surface area contributed by atoms with Gasteiger partial charge in [-0.2, -0.15) is 4.31 Å². The summed E-state index contributed by atoms with van der Waals surface area (Å²) in [7, 11) is -0.945. The van der Waals surface area contributed by atoms with E-state index < -0.39 is 27.8 Å². The second kappa shape index (κ2) is 9.41. The highest BCUT2D eigenvalue weighted by atomic mass is 32.2. The Kier molecular flexibility index (Phi) is 6.58. The number of sulfonamides is 1. The summed E-state index contributed by atoms with van der Waals surface area (Å²) >= 11 is 1.03. The summed E-state index contributed by atoms with van der Waals surface area (Å²) in [6.45, 7) is 0.317. The lowest BCUT2D eigenvalue weighted by Gasteiger charge is -2.22. The van der Waals surface area contributed by atoms with Crippen LogP contribution in [0.3, 0.4) is 0 Å². The van der Waals surface area contributed by atoms with Crippen molar-refractivity contribution in [3.8, 4) is 11.5 Å². The van der Waals surface area contributed by atoms with E-state index in [4.69, 9.17) is 9.47 Å². The van der Waals surface area contributed by atoms with Crippen molar-refractivity contribution in [2.45, 2.75) is 23.8 Å². The lowest BCUT2D eigenvalue weighted by molar-refractivity contribution is 0.102. The fraction of sp³-hybridized carbons (Fsp3) is 0.286. The van der Waals surface area contributed by atoms with Crippen molar-refractivity contribution >= 4 is 33.0 Å². The van der Waals surface area contributed by atoms with Crippen molar-refractivity contribution in [2.24, 2.45) is 0 Å². The Bertz CT molecular complexity index is 1260. The lowest BCUT2D eigenvalue weighted by atomic mass is 10.2. The molecule has 1 atom stereocenters. The maximum absolute atomic E-state index is 13.4. The Labute approximate surface area is 194 Å². The molecule has 0 unspecified atom stereocenters. The van der Waals surface area contributed by atoms with Gasteiger partial charge in [0.1, 0.15) is 10.8 Å². The molecule has 1 aliphatic heterocycles. The third-order valence-electron chi connectivity index (χ3n) is 5.19. The Morgan fingerprint density at radius 1 is 1.12 bits per heavy atom. The number of nitrogens with zero attached hydrogens (tertiary/aromatic N) is 3. The number of carbonyl (C=O) groups is 1. The molecule has 1 fully saturated rings. The minimum absolute atomic E-state index is 0.0749. The summed E-state index contributed by atoms with van der Waals surface area (Å²) in [6.07, 6.45) is 1.20. The summed E-state index contributed by atoms with van der Waals surface area (Å²) < 4.78 is 51.6. The van der Waals surface area contributed by atoms with E-state index in [1.807, 2.05) is 0 Å². The number of hydrogen-bond donors (Lipinski definition) is 1. The second-order valence-corrected chi connectivity index (χ2v) is 10.1. The summed E-state index contributed by atoms with van der Waals surface area (Å²) in [5, 5.41) is 11.2. The van der Waals surface area contributed by atoms with Gasteiger partial charge in [0.25, 0.3) is 5.91 Å². The maximum Gasteiger partial charge on any atom is 0.286 e. The van der Waals surface area contributed by atoms with E-state index in [-0.39, 0.29) is 9.90 Å². The largest absolute Gasteiger partial charge is 0.493 e. The van der Waals surface area contributed by atoms with E-state index >= 15 is 0 Å². The highest BCUT2D eigenvalue weighted by Crippen LogP contribution is 2.39. The van der Waals surface area contributed by atoms with Gasteiger partial charge in [-0.3, -0.25) is 4.79 Å². The fourth-order valence-electron chi connectivity index (χ4n) is 3.57. The molecule has 1 N–H and O–H groups in total. The molecule has 12 heteroatoms. The highest BCUT2D eigenvalue weighted by molar-refractivity contribution is 7.89. The smallest absolute Gasteiger partial charge is 0.286 e. The molecular formula is C21H21FN4O5S2. The minimum atomic E-state index is -3.86. The number of ether oxygens (including phenoxy) is 2. The van der Waals surface area contributed by atoms with Crippen LogP contribution in [0.2, 0.25) is 0 Å². The van der Waals surface area contributed by atoms with Crippen molar-refractivity contribution < 1.29 is 27.1 Å². The van der Waals surface area contributed by atoms with Gasteiger partial charge >= 0.3 is 0 Å². The second-order valence-electron chi connectivity index (χ2n) is 7.20. The molecule has 1 aromatic heterocycles. The number of carbonyl (C=O) groups excluding carboxylic acids is 1. The first kappa shape index (κ1) is 23.1. The highest BCUT2D eigenvalue weighted by Gasteiger charge is 2.38. The van der Waals surface area contributed by atoms with E-state index in [9.17, 15) is 17.6 Å². The molecule has 0 aliphatic carbocycles. The predicted octanol–water partition coefficient (Wildman–Crippen LogP) is 3.47. The van der Waals surface area contributed by atoms with E-state index in [0.29, 0.717) is 41.6 Å². The number of aromatic nitrogens is 2. The van der Waals surface area contributed by atoms with Crippen molar-refractivity contribution in [2.75, 3.05) is 26.1 Å². The number of benzene rings is 2. The third-order valence-corrected chi connectivity index (χ3v) is 8.11. The molecule has 0 radical (unpaired) electrons. The zero-order valence-electron chi connectivity index (χ0n) is 17.8. The maximum atomic E-state index is 13.4. The average molecular weight is 493 g/mol. The fourth-order valence-corrected chi connectivity index (χ4v) is 6.20. The zero-order chi connectivity index (χ0) is 23.6. The molecule has 3 aromatic rings. The van der Waals surface area contributed by atoms with Gasteiger partial charge in [0, 0.05) is 18.3 Å². The van der Waals surface area contributed by atoms with Crippen LogP contribution in [0.4, 0.5) is 10.1 Å². The number of rotatable bonds is 7. The van der Waals surface area contributed by atoms with Crippen LogP contribution in [-0.2, 0) is 10.0 Å². The number of halogens is 1. The Hall–Kier alpha value is -3.09. The predicted molar refractivity (Wildman–Crippen MR) is 120 cm³/mol. The molecule has 2 heterocycles. The van der Waals surface area contributed by atoms with Crippen LogP contribution < -0.4 is 14.8 Å². The minimum Gasteiger partial charge on any atom is -0.493 e. The van der Waals surface area contributed by atoms with Gasteiger partial charge in [0.05, 0.1) is 25.2 Å². The van der Waals surface area contributed by atoms with Gasteiger partial charge in [-0.1, -0.05) is 11.3 Å². The van der Waals surface area contributed by atoms with E-state index in [1.165, 1.54) is 54.9 Å². The molecule has 0 spiro atoms. The molecule has 1 saturated heterocycles. The molecule has 174 valence electrons. The van der Waals surface area contributed by atoms with Crippen molar-refractivity contribution in [1.82, 2.24) is 14.5 Å². The standard InChI is InChI=1S/C21H21FN4O5S2/c1-30-17-10-9-15(12-18(17)31-2)33(28,29)26-11-3-4-16(26)20-24-25-21(32-20)19(27)23-14-7-5-13(22)6-8-14/h5-10,12,16H,3-4,11H2,1-2H3,(H,23,27)/t16-/m1/s1. The van der Waals surface area contributed by atoms with E-state index in [2.05, 4.69) is 15.5 Å². The van der Waals surface area contributed by atoms with Gasteiger partial charge in [0.2, 0.25) is 15.0 Å². The van der Waals surface area contributed by atoms with Crippen LogP contribution in [0, 0.1) is 5.82 Å². The van der Waals surface area contributed by atoms with Crippen molar-refractivity contribution in [1.29, 1.82) is 0 Å².